The zero-order chi connectivity index (χ0) is 19.5. The van der Waals surface area contributed by atoms with Crippen molar-refractivity contribution in [2.24, 2.45) is 5.92 Å². The molecule has 144 valence electrons. The molecule has 3 heterocycles. The molecule has 0 spiro atoms. The Hall–Kier alpha value is -3.22. The molecule has 4 rings (SSSR count). The highest BCUT2D eigenvalue weighted by Gasteiger charge is 2.26. The molecule has 1 fully saturated rings. The highest BCUT2D eigenvalue weighted by molar-refractivity contribution is 5.94. The zero-order valence-corrected chi connectivity index (χ0v) is 16.2. The van der Waals surface area contributed by atoms with Crippen LogP contribution in [-0.4, -0.2) is 38.7 Å². The van der Waals surface area contributed by atoms with Gasteiger partial charge in [0.15, 0.2) is 0 Å². The fraction of sp³-hybridized carbons (Fsp3) is 0.333. The molecule has 1 saturated heterocycles. The molecule has 7 heteroatoms. The van der Waals surface area contributed by atoms with E-state index in [-0.39, 0.29) is 11.8 Å². The molecule has 1 aliphatic rings. The van der Waals surface area contributed by atoms with E-state index in [2.05, 4.69) is 25.3 Å². The van der Waals surface area contributed by atoms with Crippen LogP contribution >= 0.6 is 0 Å². The molecule has 0 bridgehead atoms. The van der Waals surface area contributed by atoms with Crippen LogP contribution in [-0.2, 0) is 4.79 Å². The van der Waals surface area contributed by atoms with Crippen LogP contribution in [0.1, 0.15) is 24.2 Å². The molecule has 0 saturated carbocycles. The molecule has 1 amide bonds. The van der Waals surface area contributed by atoms with Crippen LogP contribution in [0.25, 0.3) is 5.69 Å². The summed E-state index contributed by atoms with van der Waals surface area (Å²) in [4.78, 5) is 23.6. The van der Waals surface area contributed by atoms with Crippen LogP contribution < -0.4 is 10.2 Å². The van der Waals surface area contributed by atoms with Crippen LogP contribution in [0.2, 0.25) is 0 Å². The number of anilines is 2. The smallest absolute Gasteiger partial charge is 0.227 e. The fourth-order valence-electron chi connectivity index (χ4n) is 3.67. The van der Waals surface area contributed by atoms with Crippen molar-refractivity contribution in [3.63, 3.8) is 0 Å². The lowest BCUT2D eigenvalue weighted by Crippen LogP contribution is -2.39. The quantitative estimate of drug-likeness (QED) is 0.757. The minimum absolute atomic E-state index is 0.0199. The topological polar surface area (TPSA) is 75.9 Å². The van der Waals surface area contributed by atoms with Gasteiger partial charge in [-0.25, -0.2) is 14.6 Å². The summed E-state index contributed by atoms with van der Waals surface area (Å²) in [5.41, 5.74) is 3.66. The van der Waals surface area contributed by atoms with E-state index in [0.717, 1.165) is 54.6 Å². The Labute approximate surface area is 164 Å². The standard InChI is InChI=1S/C21H24N6O/c1-15-14-16(2)27(25-15)19-7-4-3-6-18(19)24-20(28)17-8-12-26(13-9-17)21-22-10-5-11-23-21/h3-7,10-11,14,17H,8-9,12-13H2,1-2H3,(H,24,28). The number of benzene rings is 1. The lowest BCUT2D eigenvalue weighted by Gasteiger charge is -2.31. The van der Waals surface area contributed by atoms with Gasteiger partial charge in [0.2, 0.25) is 11.9 Å². The number of aryl methyl sites for hydroxylation is 2. The van der Waals surface area contributed by atoms with Gasteiger partial charge in [0.25, 0.3) is 0 Å². The fourth-order valence-corrected chi connectivity index (χ4v) is 3.67. The van der Waals surface area contributed by atoms with Crippen LogP contribution in [0.5, 0.6) is 0 Å². The van der Waals surface area contributed by atoms with Crippen molar-refractivity contribution in [3.05, 3.63) is 60.2 Å². The lowest BCUT2D eigenvalue weighted by atomic mass is 9.96. The van der Waals surface area contributed by atoms with Gasteiger partial charge in [0.1, 0.15) is 0 Å². The molecule has 3 aromatic rings. The first-order valence-electron chi connectivity index (χ1n) is 9.57. The number of aromatic nitrogens is 4. The summed E-state index contributed by atoms with van der Waals surface area (Å²) in [5, 5.41) is 7.67. The second kappa shape index (κ2) is 7.80. The molecular formula is C21H24N6O. The average molecular weight is 376 g/mol. The number of hydrogen-bond acceptors (Lipinski definition) is 5. The zero-order valence-electron chi connectivity index (χ0n) is 16.2. The van der Waals surface area contributed by atoms with Gasteiger partial charge in [0, 0.05) is 37.1 Å². The third-order valence-electron chi connectivity index (χ3n) is 5.10. The predicted octanol–water partition coefficient (Wildman–Crippen LogP) is 3.13. The number of hydrogen-bond donors (Lipinski definition) is 1. The van der Waals surface area contributed by atoms with Crippen LogP contribution in [0.3, 0.4) is 0 Å². The minimum Gasteiger partial charge on any atom is -0.341 e. The van der Waals surface area contributed by atoms with Gasteiger partial charge in [-0.3, -0.25) is 4.79 Å². The summed E-state index contributed by atoms with van der Waals surface area (Å²) in [5.74, 6) is 0.771. The van der Waals surface area contributed by atoms with E-state index in [0.29, 0.717) is 0 Å². The van der Waals surface area contributed by atoms with Crippen molar-refractivity contribution in [3.8, 4) is 5.69 Å². The number of rotatable bonds is 4. The first-order chi connectivity index (χ1) is 13.6. The van der Waals surface area contributed by atoms with E-state index in [1.54, 1.807) is 12.4 Å². The number of carbonyl (C=O) groups excluding carboxylic acids is 1. The third-order valence-corrected chi connectivity index (χ3v) is 5.10. The Morgan fingerprint density at radius 1 is 1.07 bits per heavy atom. The van der Waals surface area contributed by atoms with Crippen molar-refractivity contribution >= 4 is 17.5 Å². The monoisotopic (exact) mass is 376 g/mol. The predicted molar refractivity (Wildman–Crippen MR) is 109 cm³/mol. The lowest BCUT2D eigenvalue weighted by molar-refractivity contribution is -0.120. The maximum atomic E-state index is 12.9. The first-order valence-corrected chi connectivity index (χ1v) is 9.57. The SMILES string of the molecule is Cc1cc(C)n(-c2ccccc2NC(=O)C2CCN(c3ncccn3)CC2)n1. The van der Waals surface area contributed by atoms with E-state index in [1.165, 1.54) is 0 Å². The molecule has 0 radical (unpaired) electrons. The van der Waals surface area contributed by atoms with Gasteiger partial charge < -0.3 is 10.2 Å². The summed E-state index contributed by atoms with van der Waals surface area (Å²) < 4.78 is 1.88. The molecule has 0 atom stereocenters. The van der Waals surface area contributed by atoms with E-state index in [9.17, 15) is 4.79 Å². The average Bonchev–Trinajstić information content (AvgIpc) is 3.07. The molecule has 0 aliphatic carbocycles. The number of carbonyl (C=O) groups is 1. The highest BCUT2D eigenvalue weighted by Crippen LogP contribution is 2.25. The maximum absolute atomic E-state index is 12.9. The summed E-state index contributed by atoms with van der Waals surface area (Å²) >= 11 is 0. The number of piperidine rings is 1. The van der Waals surface area contributed by atoms with Crippen molar-refractivity contribution < 1.29 is 4.79 Å². The summed E-state index contributed by atoms with van der Waals surface area (Å²) in [6, 6.07) is 11.6. The molecular weight excluding hydrogens is 352 g/mol. The Morgan fingerprint density at radius 2 is 1.79 bits per heavy atom. The Bertz CT molecular complexity index is 960. The second-order valence-electron chi connectivity index (χ2n) is 7.16. The van der Waals surface area contributed by atoms with Crippen molar-refractivity contribution in [2.75, 3.05) is 23.3 Å². The van der Waals surface area contributed by atoms with Crippen molar-refractivity contribution in [1.29, 1.82) is 0 Å². The van der Waals surface area contributed by atoms with Gasteiger partial charge in [-0.05, 0) is 51.0 Å². The Kier molecular flexibility index (Phi) is 5.06. The highest BCUT2D eigenvalue weighted by atomic mass is 16.1. The first kappa shape index (κ1) is 18.2. The van der Waals surface area contributed by atoms with E-state index in [1.807, 2.05) is 54.9 Å². The molecule has 28 heavy (non-hydrogen) atoms. The summed E-state index contributed by atoms with van der Waals surface area (Å²) in [6.07, 6.45) is 5.06. The number of amides is 1. The maximum Gasteiger partial charge on any atom is 0.227 e. The Balaban J connectivity index is 1.45. The van der Waals surface area contributed by atoms with Crippen molar-refractivity contribution in [2.45, 2.75) is 26.7 Å². The van der Waals surface area contributed by atoms with Gasteiger partial charge in [0.05, 0.1) is 17.1 Å². The van der Waals surface area contributed by atoms with E-state index in [4.69, 9.17) is 0 Å². The number of para-hydroxylation sites is 2. The Morgan fingerprint density at radius 3 is 2.46 bits per heavy atom. The van der Waals surface area contributed by atoms with Gasteiger partial charge >= 0.3 is 0 Å². The molecule has 0 unspecified atom stereocenters. The van der Waals surface area contributed by atoms with Gasteiger partial charge in [-0.15, -0.1) is 0 Å². The molecule has 1 aliphatic heterocycles. The molecule has 2 aromatic heterocycles. The number of nitrogens with zero attached hydrogens (tertiary/aromatic N) is 5. The normalized spacial score (nSPS) is 14.9. The second-order valence-corrected chi connectivity index (χ2v) is 7.16. The van der Waals surface area contributed by atoms with Gasteiger partial charge in [-0.2, -0.15) is 5.10 Å². The van der Waals surface area contributed by atoms with Gasteiger partial charge in [-0.1, -0.05) is 12.1 Å². The van der Waals surface area contributed by atoms with Crippen LogP contribution in [0, 0.1) is 19.8 Å². The minimum atomic E-state index is -0.0199. The van der Waals surface area contributed by atoms with E-state index < -0.39 is 0 Å². The number of nitrogens with one attached hydrogen (secondary N) is 1. The van der Waals surface area contributed by atoms with Crippen LogP contribution in [0.4, 0.5) is 11.6 Å². The summed E-state index contributed by atoms with van der Waals surface area (Å²) in [7, 11) is 0. The molecule has 1 aromatic carbocycles. The largest absolute Gasteiger partial charge is 0.341 e. The third kappa shape index (κ3) is 3.74. The van der Waals surface area contributed by atoms with E-state index >= 15 is 0 Å². The molecule has 1 N–H and O–H groups in total. The van der Waals surface area contributed by atoms with Crippen LogP contribution in [0.15, 0.2) is 48.8 Å². The van der Waals surface area contributed by atoms with Crippen molar-refractivity contribution in [1.82, 2.24) is 19.7 Å². The molecule has 7 nitrogen and oxygen atoms in total. The summed E-state index contributed by atoms with van der Waals surface area (Å²) in [6.45, 7) is 5.54.